The summed E-state index contributed by atoms with van der Waals surface area (Å²) in [6.07, 6.45) is 0.581. The molecule has 1 aromatic carbocycles. The lowest BCUT2D eigenvalue weighted by atomic mass is 10.3. The van der Waals surface area contributed by atoms with Crippen LogP contribution in [0.3, 0.4) is 0 Å². The summed E-state index contributed by atoms with van der Waals surface area (Å²) in [5.74, 6) is 0.405. The van der Waals surface area contributed by atoms with Crippen LogP contribution in [0.4, 0.5) is 0 Å². The van der Waals surface area contributed by atoms with Gasteiger partial charge in [0.1, 0.15) is 4.90 Å². The molecule has 0 unspecified atom stereocenters. The fourth-order valence-electron chi connectivity index (χ4n) is 1.67. The largest absolute Gasteiger partial charge is 0.244 e. The van der Waals surface area contributed by atoms with E-state index in [0.29, 0.717) is 23.9 Å². The molecule has 0 spiro atoms. The average Bonchev–Trinajstić information content (AvgIpc) is 2.32. The maximum atomic E-state index is 12.6. The summed E-state index contributed by atoms with van der Waals surface area (Å²) < 4.78 is 26.6. The fraction of sp³-hybridized carbons (Fsp3) is 0.500. The van der Waals surface area contributed by atoms with Crippen LogP contribution in [0.1, 0.15) is 20.3 Å². The van der Waals surface area contributed by atoms with E-state index in [1.165, 1.54) is 16.4 Å². The van der Waals surface area contributed by atoms with Crippen molar-refractivity contribution >= 4 is 44.8 Å². The Balaban J connectivity index is 3.22. The Bertz CT molecular complexity index is 532. The molecule has 0 amide bonds. The lowest BCUT2D eigenvalue weighted by molar-refractivity contribution is 0.355. The number of benzene rings is 1. The van der Waals surface area contributed by atoms with Gasteiger partial charge < -0.3 is 0 Å². The van der Waals surface area contributed by atoms with Crippen LogP contribution in [-0.4, -0.2) is 31.2 Å². The molecule has 108 valence electrons. The number of rotatable bonds is 6. The summed E-state index contributed by atoms with van der Waals surface area (Å²) in [6, 6.07) is 4.23. The molecular weight excluding hydrogens is 329 g/mol. The Labute approximate surface area is 129 Å². The van der Waals surface area contributed by atoms with Crippen LogP contribution in [-0.2, 0) is 10.0 Å². The molecule has 0 aliphatic heterocycles. The minimum Gasteiger partial charge on any atom is -0.207 e. The topological polar surface area (TPSA) is 37.4 Å². The Kier molecular flexibility index (Phi) is 6.40. The number of hydrogen-bond donors (Lipinski definition) is 0. The van der Waals surface area contributed by atoms with Crippen LogP contribution in [0.25, 0.3) is 0 Å². The second-order valence-electron chi connectivity index (χ2n) is 4.33. The zero-order valence-corrected chi connectivity index (χ0v) is 13.8. The minimum absolute atomic E-state index is 0.0324. The van der Waals surface area contributed by atoms with Gasteiger partial charge in [-0.05, 0) is 38.5 Å². The second kappa shape index (κ2) is 7.14. The summed E-state index contributed by atoms with van der Waals surface area (Å²) in [4.78, 5) is 0.0324. The summed E-state index contributed by atoms with van der Waals surface area (Å²) in [5.41, 5.74) is 0. The maximum Gasteiger partial charge on any atom is 0.244 e. The first kappa shape index (κ1) is 17.1. The lowest BCUT2D eigenvalue weighted by Gasteiger charge is -2.26. The van der Waals surface area contributed by atoms with Crippen LogP contribution >= 0.6 is 34.8 Å². The molecule has 0 fully saturated rings. The Morgan fingerprint density at radius 3 is 2.42 bits per heavy atom. The van der Waals surface area contributed by atoms with Gasteiger partial charge in [-0.3, -0.25) is 0 Å². The van der Waals surface area contributed by atoms with E-state index in [0.717, 1.165) is 0 Å². The van der Waals surface area contributed by atoms with Crippen molar-refractivity contribution in [3.05, 3.63) is 28.2 Å². The van der Waals surface area contributed by atoms with Crippen molar-refractivity contribution in [1.82, 2.24) is 4.31 Å². The van der Waals surface area contributed by atoms with Gasteiger partial charge >= 0.3 is 0 Å². The van der Waals surface area contributed by atoms with Gasteiger partial charge in [-0.15, -0.1) is 11.6 Å². The van der Waals surface area contributed by atoms with Crippen LogP contribution in [0.5, 0.6) is 0 Å². The Hall–Kier alpha value is -0.000000000000000111. The fourth-order valence-corrected chi connectivity index (χ4v) is 4.21. The molecule has 0 bridgehead atoms. The predicted molar refractivity (Wildman–Crippen MR) is 80.8 cm³/mol. The van der Waals surface area contributed by atoms with Gasteiger partial charge in [-0.1, -0.05) is 23.2 Å². The summed E-state index contributed by atoms with van der Waals surface area (Å²) in [5, 5.41) is 0.505. The zero-order valence-electron chi connectivity index (χ0n) is 10.7. The summed E-state index contributed by atoms with van der Waals surface area (Å²) in [6.45, 7) is 3.97. The highest BCUT2D eigenvalue weighted by molar-refractivity contribution is 7.89. The van der Waals surface area contributed by atoms with Crippen molar-refractivity contribution in [1.29, 1.82) is 0 Å². The first-order chi connectivity index (χ1) is 8.80. The molecule has 3 nitrogen and oxygen atoms in total. The molecule has 1 aromatic rings. The third-order valence-electron chi connectivity index (χ3n) is 2.57. The standard InChI is InChI=1S/C12H16Cl3NO2S/c1-9(2)16(7-3-6-13)19(17,18)12-8-10(14)4-5-11(12)15/h4-5,8-9H,3,6-7H2,1-2H3. The van der Waals surface area contributed by atoms with Gasteiger partial charge in [0.25, 0.3) is 0 Å². The molecule has 7 heteroatoms. The molecule has 0 N–H and O–H groups in total. The number of nitrogens with zero attached hydrogens (tertiary/aromatic N) is 1. The van der Waals surface area contributed by atoms with Gasteiger partial charge in [0.15, 0.2) is 0 Å². The molecule has 0 aromatic heterocycles. The number of halogens is 3. The van der Waals surface area contributed by atoms with Crippen molar-refractivity contribution in [2.45, 2.75) is 31.2 Å². The molecule has 0 atom stereocenters. The van der Waals surface area contributed by atoms with E-state index in [9.17, 15) is 8.42 Å². The van der Waals surface area contributed by atoms with Crippen LogP contribution in [0, 0.1) is 0 Å². The number of sulfonamides is 1. The van der Waals surface area contributed by atoms with Crippen LogP contribution in [0.15, 0.2) is 23.1 Å². The first-order valence-electron chi connectivity index (χ1n) is 5.83. The molecule has 0 saturated heterocycles. The normalized spacial score (nSPS) is 12.4. The van der Waals surface area contributed by atoms with E-state index < -0.39 is 10.0 Å². The highest BCUT2D eigenvalue weighted by Gasteiger charge is 2.28. The number of hydrogen-bond acceptors (Lipinski definition) is 2. The second-order valence-corrected chi connectivity index (χ2v) is 7.41. The van der Waals surface area contributed by atoms with E-state index in [-0.39, 0.29) is 16.0 Å². The van der Waals surface area contributed by atoms with Crippen LogP contribution < -0.4 is 0 Å². The van der Waals surface area contributed by atoms with E-state index in [1.807, 2.05) is 13.8 Å². The van der Waals surface area contributed by atoms with E-state index in [2.05, 4.69) is 0 Å². The molecule has 0 radical (unpaired) electrons. The van der Waals surface area contributed by atoms with Crippen molar-refractivity contribution < 1.29 is 8.42 Å². The van der Waals surface area contributed by atoms with E-state index >= 15 is 0 Å². The van der Waals surface area contributed by atoms with E-state index in [1.54, 1.807) is 6.07 Å². The average molecular weight is 345 g/mol. The van der Waals surface area contributed by atoms with Crippen molar-refractivity contribution in [3.8, 4) is 0 Å². The van der Waals surface area contributed by atoms with Gasteiger partial charge in [-0.25, -0.2) is 8.42 Å². The van der Waals surface area contributed by atoms with Gasteiger partial charge in [0.2, 0.25) is 10.0 Å². The monoisotopic (exact) mass is 343 g/mol. The first-order valence-corrected chi connectivity index (χ1v) is 8.56. The van der Waals surface area contributed by atoms with Crippen LogP contribution in [0.2, 0.25) is 10.0 Å². The van der Waals surface area contributed by atoms with Crippen molar-refractivity contribution in [2.75, 3.05) is 12.4 Å². The number of alkyl halides is 1. The highest BCUT2D eigenvalue weighted by Crippen LogP contribution is 2.28. The van der Waals surface area contributed by atoms with Gasteiger partial charge in [-0.2, -0.15) is 4.31 Å². The summed E-state index contributed by atoms with van der Waals surface area (Å²) in [7, 11) is -3.67. The molecule has 0 saturated carbocycles. The van der Waals surface area contributed by atoms with E-state index in [4.69, 9.17) is 34.8 Å². The molecule has 19 heavy (non-hydrogen) atoms. The Morgan fingerprint density at radius 2 is 1.89 bits per heavy atom. The maximum absolute atomic E-state index is 12.6. The SMILES string of the molecule is CC(C)N(CCCCl)S(=O)(=O)c1cc(Cl)ccc1Cl. The smallest absolute Gasteiger partial charge is 0.207 e. The molecule has 0 heterocycles. The molecular formula is C12H16Cl3NO2S. The third-order valence-corrected chi connectivity index (χ3v) is 5.63. The molecule has 0 aliphatic rings. The predicted octanol–water partition coefficient (Wildman–Crippen LogP) is 4.02. The quantitative estimate of drug-likeness (QED) is 0.731. The highest BCUT2D eigenvalue weighted by atomic mass is 35.5. The lowest BCUT2D eigenvalue weighted by Crippen LogP contribution is -2.38. The molecule has 0 aliphatic carbocycles. The van der Waals surface area contributed by atoms with Gasteiger partial charge in [0, 0.05) is 23.5 Å². The Morgan fingerprint density at radius 1 is 1.26 bits per heavy atom. The zero-order chi connectivity index (χ0) is 14.6. The third kappa shape index (κ3) is 4.23. The summed E-state index contributed by atoms with van der Waals surface area (Å²) >= 11 is 17.5. The van der Waals surface area contributed by atoms with Crippen molar-refractivity contribution in [2.24, 2.45) is 0 Å². The minimum atomic E-state index is -3.67. The van der Waals surface area contributed by atoms with Gasteiger partial charge in [0.05, 0.1) is 5.02 Å². The molecule has 1 rings (SSSR count). The van der Waals surface area contributed by atoms with Crippen molar-refractivity contribution in [3.63, 3.8) is 0 Å².